The van der Waals surface area contributed by atoms with Crippen molar-refractivity contribution in [2.75, 3.05) is 39.1 Å². The molecular weight excluding hydrogens is 264 g/mol. The number of nitrogens with zero attached hydrogens (tertiary/aromatic N) is 1. The lowest BCUT2D eigenvalue weighted by Gasteiger charge is -2.25. The van der Waals surface area contributed by atoms with E-state index in [0.717, 1.165) is 32.2 Å². The minimum atomic E-state index is -3.14. The molecule has 0 aromatic heterocycles. The molecule has 1 fully saturated rings. The summed E-state index contributed by atoms with van der Waals surface area (Å²) < 4.78 is 31.3. The topological polar surface area (TPSA) is 58.6 Å². The molecule has 0 aliphatic carbocycles. The van der Waals surface area contributed by atoms with Crippen LogP contribution in [-0.2, 0) is 14.8 Å². The Morgan fingerprint density at radius 2 is 2.16 bits per heavy atom. The van der Waals surface area contributed by atoms with Crippen LogP contribution in [0.5, 0.6) is 0 Å². The third kappa shape index (κ3) is 6.21. The fourth-order valence-corrected chi connectivity index (χ4v) is 3.91. The lowest BCUT2D eigenvalue weighted by Crippen LogP contribution is -2.42. The van der Waals surface area contributed by atoms with Gasteiger partial charge in [0.1, 0.15) is 0 Å². The van der Waals surface area contributed by atoms with Crippen LogP contribution >= 0.6 is 0 Å². The molecule has 0 aromatic carbocycles. The lowest BCUT2D eigenvalue weighted by atomic mass is 10.2. The van der Waals surface area contributed by atoms with Gasteiger partial charge in [0.05, 0.1) is 5.75 Å². The van der Waals surface area contributed by atoms with E-state index < -0.39 is 10.0 Å². The Morgan fingerprint density at radius 3 is 2.74 bits per heavy atom. The first-order chi connectivity index (χ1) is 9.10. The predicted octanol–water partition coefficient (Wildman–Crippen LogP) is 1.21. The van der Waals surface area contributed by atoms with Crippen molar-refractivity contribution in [1.29, 1.82) is 0 Å². The van der Waals surface area contributed by atoms with Crippen molar-refractivity contribution in [2.24, 2.45) is 0 Å². The summed E-state index contributed by atoms with van der Waals surface area (Å²) in [5.41, 5.74) is 0. The molecule has 0 spiro atoms. The molecule has 6 heteroatoms. The number of methoxy groups -OCH3 is 1. The van der Waals surface area contributed by atoms with Crippen molar-refractivity contribution in [3.8, 4) is 0 Å². The Kier molecular flexibility index (Phi) is 7.90. The monoisotopic (exact) mass is 292 g/mol. The second kappa shape index (κ2) is 8.89. The number of nitrogens with one attached hydrogen (secondary N) is 1. The van der Waals surface area contributed by atoms with Crippen LogP contribution in [0.2, 0.25) is 0 Å². The smallest absolute Gasteiger partial charge is 0.214 e. The minimum absolute atomic E-state index is 0.192. The van der Waals surface area contributed by atoms with Gasteiger partial charge in [0.2, 0.25) is 10.0 Å². The van der Waals surface area contributed by atoms with Crippen LogP contribution in [0.25, 0.3) is 0 Å². The highest BCUT2D eigenvalue weighted by Gasteiger charge is 2.25. The van der Waals surface area contributed by atoms with Gasteiger partial charge >= 0.3 is 0 Å². The van der Waals surface area contributed by atoms with Gasteiger partial charge in [-0.15, -0.1) is 0 Å². The minimum Gasteiger partial charge on any atom is -0.385 e. The van der Waals surface area contributed by atoms with Crippen molar-refractivity contribution >= 4 is 10.0 Å². The molecule has 0 aromatic rings. The molecule has 1 unspecified atom stereocenters. The van der Waals surface area contributed by atoms with Crippen molar-refractivity contribution in [1.82, 2.24) is 9.62 Å². The fourth-order valence-electron chi connectivity index (χ4n) is 2.35. The number of hydrogen-bond acceptors (Lipinski definition) is 4. The summed E-state index contributed by atoms with van der Waals surface area (Å²) in [5, 5.41) is 3.37. The highest BCUT2D eigenvalue weighted by atomic mass is 32.2. The third-order valence-corrected chi connectivity index (χ3v) is 5.41. The van der Waals surface area contributed by atoms with Crippen LogP contribution in [0.3, 0.4) is 0 Å². The number of hydrogen-bond donors (Lipinski definition) is 1. The van der Waals surface area contributed by atoms with E-state index in [9.17, 15) is 8.42 Å². The normalized spacial score (nSPS) is 20.3. The zero-order chi connectivity index (χ0) is 14.1. The van der Waals surface area contributed by atoms with E-state index in [1.54, 1.807) is 11.4 Å². The molecule has 1 N–H and O–H groups in total. The van der Waals surface area contributed by atoms with Crippen molar-refractivity contribution in [3.05, 3.63) is 0 Å². The summed E-state index contributed by atoms with van der Waals surface area (Å²) in [6, 6.07) is 0.328. The van der Waals surface area contributed by atoms with E-state index in [1.807, 2.05) is 0 Å². The highest BCUT2D eigenvalue weighted by Crippen LogP contribution is 2.12. The highest BCUT2D eigenvalue weighted by molar-refractivity contribution is 7.89. The van der Waals surface area contributed by atoms with Crippen LogP contribution in [0.4, 0.5) is 0 Å². The predicted molar refractivity (Wildman–Crippen MR) is 77.8 cm³/mol. The first-order valence-corrected chi connectivity index (χ1v) is 8.91. The molecule has 0 amide bonds. The van der Waals surface area contributed by atoms with Gasteiger partial charge in [0.15, 0.2) is 0 Å². The van der Waals surface area contributed by atoms with Gasteiger partial charge in [0, 0.05) is 32.8 Å². The lowest BCUT2D eigenvalue weighted by molar-refractivity contribution is 0.199. The fraction of sp³-hybridized carbons (Fsp3) is 1.00. The average molecular weight is 292 g/mol. The average Bonchev–Trinajstić information content (AvgIpc) is 2.87. The summed E-state index contributed by atoms with van der Waals surface area (Å²) in [7, 11) is -1.54. The number of unbranched alkanes of at least 4 members (excludes halogenated alkanes) is 1. The van der Waals surface area contributed by atoms with Gasteiger partial charge < -0.3 is 10.1 Å². The van der Waals surface area contributed by atoms with Crippen molar-refractivity contribution in [3.63, 3.8) is 0 Å². The van der Waals surface area contributed by atoms with E-state index in [2.05, 4.69) is 12.2 Å². The summed E-state index contributed by atoms with van der Waals surface area (Å²) in [6.45, 7) is 4.86. The SMILES string of the molecule is CCCCN(CC1CCCN1)S(=O)(=O)CCCOC. The summed E-state index contributed by atoms with van der Waals surface area (Å²) in [5.74, 6) is 0.192. The molecule has 0 bridgehead atoms. The Balaban J connectivity index is 2.54. The second-order valence-corrected chi connectivity index (χ2v) is 7.26. The first-order valence-electron chi connectivity index (χ1n) is 7.30. The molecule has 1 rings (SSSR count). The zero-order valence-electron chi connectivity index (χ0n) is 12.2. The van der Waals surface area contributed by atoms with Crippen molar-refractivity contribution < 1.29 is 13.2 Å². The quantitative estimate of drug-likeness (QED) is 0.615. The summed E-state index contributed by atoms with van der Waals surface area (Å²) in [4.78, 5) is 0. The maximum absolute atomic E-state index is 12.3. The number of ether oxygens (including phenoxy) is 1. The van der Waals surface area contributed by atoms with Gasteiger partial charge in [-0.2, -0.15) is 0 Å². The van der Waals surface area contributed by atoms with Crippen molar-refractivity contribution in [2.45, 2.75) is 45.1 Å². The summed E-state index contributed by atoms with van der Waals surface area (Å²) >= 11 is 0. The molecule has 114 valence electrons. The van der Waals surface area contributed by atoms with E-state index in [1.165, 1.54) is 0 Å². The Labute approximate surface area is 117 Å². The van der Waals surface area contributed by atoms with Crippen LogP contribution in [0.15, 0.2) is 0 Å². The molecule has 1 saturated heterocycles. The maximum atomic E-state index is 12.3. The Bertz CT molecular complexity index is 327. The largest absolute Gasteiger partial charge is 0.385 e. The zero-order valence-corrected chi connectivity index (χ0v) is 13.0. The maximum Gasteiger partial charge on any atom is 0.214 e. The van der Waals surface area contributed by atoms with Gasteiger partial charge in [-0.25, -0.2) is 12.7 Å². The van der Waals surface area contributed by atoms with Gasteiger partial charge in [-0.3, -0.25) is 0 Å². The van der Waals surface area contributed by atoms with Crippen LogP contribution < -0.4 is 5.32 Å². The standard InChI is InChI=1S/C13H28N2O3S/c1-3-4-9-15(12-13-7-5-8-14-13)19(16,17)11-6-10-18-2/h13-14H,3-12H2,1-2H3. The molecule has 1 atom stereocenters. The van der Waals surface area contributed by atoms with Crippen LogP contribution in [-0.4, -0.2) is 57.9 Å². The van der Waals surface area contributed by atoms with E-state index >= 15 is 0 Å². The third-order valence-electron chi connectivity index (χ3n) is 3.49. The first kappa shape index (κ1) is 16.9. The number of rotatable bonds is 10. The van der Waals surface area contributed by atoms with Gasteiger partial charge in [-0.1, -0.05) is 13.3 Å². The summed E-state index contributed by atoms with van der Waals surface area (Å²) in [6.07, 6.45) is 4.74. The van der Waals surface area contributed by atoms with E-state index in [-0.39, 0.29) is 5.75 Å². The van der Waals surface area contributed by atoms with E-state index in [4.69, 9.17) is 4.74 Å². The molecular formula is C13H28N2O3S. The van der Waals surface area contributed by atoms with E-state index in [0.29, 0.717) is 32.2 Å². The Hall–Kier alpha value is -0.170. The molecule has 0 radical (unpaired) electrons. The Morgan fingerprint density at radius 1 is 1.37 bits per heavy atom. The van der Waals surface area contributed by atoms with Gasteiger partial charge in [-0.05, 0) is 32.2 Å². The molecule has 1 aliphatic rings. The molecule has 1 heterocycles. The molecule has 19 heavy (non-hydrogen) atoms. The van der Waals surface area contributed by atoms with Crippen LogP contribution in [0, 0.1) is 0 Å². The molecule has 1 aliphatic heterocycles. The number of sulfonamides is 1. The second-order valence-electron chi connectivity index (χ2n) is 5.17. The van der Waals surface area contributed by atoms with Gasteiger partial charge in [0.25, 0.3) is 0 Å². The van der Waals surface area contributed by atoms with Crippen LogP contribution in [0.1, 0.15) is 39.0 Å². The molecule has 0 saturated carbocycles. The molecule has 5 nitrogen and oxygen atoms in total.